The summed E-state index contributed by atoms with van der Waals surface area (Å²) in [5.74, 6) is 0.983. The number of nitrogens with zero attached hydrogens (tertiary/aromatic N) is 4. The van der Waals surface area contributed by atoms with Gasteiger partial charge in [0.15, 0.2) is 0 Å². The van der Waals surface area contributed by atoms with Gasteiger partial charge in [-0.1, -0.05) is 0 Å². The standard InChI is InChI=1S/C10H12N4O.H2O/c1-2-14-8-12-10(7-9(14)11-1)13-3-5-15-6-4-13;/h1-2,7-8H,3-6H2;1H2. The second-order valence-electron chi connectivity index (χ2n) is 3.54. The highest BCUT2D eigenvalue weighted by Gasteiger charge is 2.12. The predicted octanol–water partition coefficient (Wildman–Crippen LogP) is -0.259. The van der Waals surface area contributed by atoms with E-state index in [9.17, 15) is 0 Å². The minimum atomic E-state index is 0. The van der Waals surface area contributed by atoms with Crippen LogP contribution >= 0.6 is 0 Å². The molecule has 6 nitrogen and oxygen atoms in total. The number of morpholine rings is 1. The Morgan fingerprint density at radius 1 is 1.19 bits per heavy atom. The van der Waals surface area contributed by atoms with Crippen LogP contribution in [0.4, 0.5) is 5.82 Å². The molecule has 2 N–H and O–H groups in total. The fourth-order valence-electron chi connectivity index (χ4n) is 1.77. The van der Waals surface area contributed by atoms with Gasteiger partial charge in [-0.05, 0) is 0 Å². The summed E-state index contributed by atoms with van der Waals surface area (Å²) >= 11 is 0. The fourth-order valence-corrected chi connectivity index (χ4v) is 1.77. The number of rotatable bonds is 1. The van der Waals surface area contributed by atoms with E-state index in [1.807, 2.05) is 16.7 Å². The minimum Gasteiger partial charge on any atom is -0.412 e. The van der Waals surface area contributed by atoms with E-state index in [2.05, 4.69) is 14.9 Å². The van der Waals surface area contributed by atoms with E-state index in [1.54, 1.807) is 12.5 Å². The van der Waals surface area contributed by atoms with E-state index < -0.39 is 0 Å². The van der Waals surface area contributed by atoms with Crippen molar-refractivity contribution in [3.05, 3.63) is 24.8 Å². The highest BCUT2D eigenvalue weighted by molar-refractivity contribution is 5.50. The van der Waals surface area contributed by atoms with Crippen LogP contribution in [-0.4, -0.2) is 46.1 Å². The number of ether oxygens (including phenoxy) is 1. The molecule has 1 fully saturated rings. The average molecular weight is 222 g/mol. The molecule has 0 saturated carbocycles. The molecule has 3 heterocycles. The monoisotopic (exact) mass is 222 g/mol. The summed E-state index contributed by atoms with van der Waals surface area (Å²) in [6.07, 6.45) is 5.47. The van der Waals surface area contributed by atoms with E-state index in [0.29, 0.717) is 0 Å². The second-order valence-corrected chi connectivity index (χ2v) is 3.54. The van der Waals surface area contributed by atoms with Crippen molar-refractivity contribution in [2.45, 2.75) is 0 Å². The average Bonchev–Trinajstić information content (AvgIpc) is 2.77. The van der Waals surface area contributed by atoms with E-state index in [0.717, 1.165) is 37.8 Å². The first kappa shape index (κ1) is 10.8. The molecule has 6 heteroatoms. The summed E-state index contributed by atoms with van der Waals surface area (Å²) in [5.41, 5.74) is 0.937. The van der Waals surface area contributed by atoms with Gasteiger partial charge >= 0.3 is 0 Å². The van der Waals surface area contributed by atoms with Crippen LogP contribution in [-0.2, 0) is 4.74 Å². The van der Waals surface area contributed by atoms with E-state index in [1.165, 1.54) is 0 Å². The van der Waals surface area contributed by atoms with E-state index >= 15 is 0 Å². The maximum Gasteiger partial charge on any atom is 0.141 e. The Hall–Kier alpha value is -1.66. The van der Waals surface area contributed by atoms with Crippen molar-refractivity contribution in [2.75, 3.05) is 31.2 Å². The van der Waals surface area contributed by atoms with Gasteiger partial charge in [-0.2, -0.15) is 0 Å². The molecule has 2 aromatic heterocycles. The van der Waals surface area contributed by atoms with Gasteiger partial charge in [-0.15, -0.1) is 0 Å². The van der Waals surface area contributed by atoms with Gasteiger partial charge in [0.25, 0.3) is 0 Å². The second kappa shape index (κ2) is 4.46. The molecule has 2 aromatic rings. The molecule has 3 rings (SSSR count). The first-order valence-corrected chi connectivity index (χ1v) is 5.05. The van der Waals surface area contributed by atoms with Gasteiger partial charge in [0.1, 0.15) is 17.8 Å². The molecule has 1 saturated heterocycles. The normalized spacial score (nSPS) is 16.1. The molecule has 0 aromatic carbocycles. The lowest BCUT2D eigenvalue weighted by molar-refractivity contribution is 0.122. The van der Waals surface area contributed by atoms with Crippen LogP contribution in [0.15, 0.2) is 24.8 Å². The molecule has 0 aliphatic carbocycles. The number of hydrogen-bond acceptors (Lipinski definition) is 4. The summed E-state index contributed by atoms with van der Waals surface area (Å²) in [5, 5.41) is 0. The Kier molecular flexibility index (Phi) is 3.02. The third kappa shape index (κ3) is 1.84. The van der Waals surface area contributed by atoms with Crippen LogP contribution in [0.5, 0.6) is 0 Å². The number of hydrogen-bond donors (Lipinski definition) is 0. The summed E-state index contributed by atoms with van der Waals surface area (Å²) in [6, 6.07) is 2.01. The lowest BCUT2D eigenvalue weighted by atomic mass is 10.4. The van der Waals surface area contributed by atoms with Crippen LogP contribution in [0, 0.1) is 0 Å². The van der Waals surface area contributed by atoms with Crippen molar-refractivity contribution in [2.24, 2.45) is 0 Å². The number of aromatic nitrogens is 3. The molecular weight excluding hydrogens is 208 g/mol. The third-order valence-electron chi connectivity index (χ3n) is 2.61. The smallest absolute Gasteiger partial charge is 0.141 e. The van der Waals surface area contributed by atoms with Gasteiger partial charge in [0.2, 0.25) is 0 Å². The summed E-state index contributed by atoms with van der Waals surface area (Å²) in [7, 11) is 0. The molecule has 86 valence electrons. The van der Waals surface area contributed by atoms with Crippen LogP contribution in [0.1, 0.15) is 0 Å². The molecule has 0 amide bonds. The van der Waals surface area contributed by atoms with Crippen molar-refractivity contribution in [1.29, 1.82) is 0 Å². The maximum absolute atomic E-state index is 5.30. The van der Waals surface area contributed by atoms with Crippen LogP contribution < -0.4 is 4.90 Å². The fraction of sp³-hybridized carbons (Fsp3) is 0.400. The van der Waals surface area contributed by atoms with Gasteiger partial charge in [-0.25, -0.2) is 9.97 Å². The molecule has 0 radical (unpaired) electrons. The molecule has 0 atom stereocenters. The topological polar surface area (TPSA) is 74.2 Å². The highest BCUT2D eigenvalue weighted by Crippen LogP contribution is 2.13. The Labute approximate surface area is 92.8 Å². The molecular formula is C10H14N4O2. The molecule has 0 spiro atoms. The molecule has 1 aliphatic heterocycles. The van der Waals surface area contributed by atoms with Gasteiger partial charge < -0.3 is 15.1 Å². The maximum atomic E-state index is 5.30. The van der Waals surface area contributed by atoms with Crippen molar-refractivity contribution < 1.29 is 10.2 Å². The first-order chi connectivity index (χ1) is 7.43. The largest absolute Gasteiger partial charge is 0.412 e. The predicted molar refractivity (Wildman–Crippen MR) is 59.6 cm³/mol. The third-order valence-corrected chi connectivity index (χ3v) is 2.61. The Morgan fingerprint density at radius 3 is 2.81 bits per heavy atom. The zero-order valence-electron chi connectivity index (χ0n) is 8.83. The molecule has 1 aliphatic rings. The molecule has 16 heavy (non-hydrogen) atoms. The molecule has 0 unspecified atom stereocenters. The van der Waals surface area contributed by atoms with Crippen LogP contribution in [0.3, 0.4) is 0 Å². The zero-order valence-corrected chi connectivity index (χ0v) is 8.83. The lowest BCUT2D eigenvalue weighted by Crippen LogP contribution is -2.36. The zero-order chi connectivity index (χ0) is 10.1. The van der Waals surface area contributed by atoms with Crippen molar-refractivity contribution in [3.8, 4) is 0 Å². The highest BCUT2D eigenvalue weighted by atomic mass is 16.5. The summed E-state index contributed by atoms with van der Waals surface area (Å²) in [6.45, 7) is 3.37. The van der Waals surface area contributed by atoms with Crippen molar-refractivity contribution in [3.63, 3.8) is 0 Å². The van der Waals surface area contributed by atoms with E-state index in [-0.39, 0.29) is 5.48 Å². The molecule has 0 bridgehead atoms. The first-order valence-electron chi connectivity index (χ1n) is 5.05. The van der Waals surface area contributed by atoms with Gasteiger partial charge in [0, 0.05) is 31.5 Å². The number of anilines is 1. The van der Waals surface area contributed by atoms with Gasteiger partial charge in [0.05, 0.1) is 13.2 Å². The Morgan fingerprint density at radius 2 is 2.00 bits per heavy atom. The van der Waals surface area contributed by atoms with Crippen molar-refractivity contribution in [1.82, 2.24) is 14.4 Å². The quantitative estimate of drug-likeness (QED) is 0.666. The Bertz CT molecular complexity index is 465. The summed E-state index contributed by atoms with van der Waals surface area (Å²) in [4.78, 5) is 10.9. The van der Waals surface area contributed by atoms with E-state index in [4.69, 9.17) is 4.74 Å². The SMILES string of the molecule is O.c1cn2cnc(N3CCOCC3)cc2n1. The lowest BCUT2D eigenvalue weighted by Gasteiger charge is -2.27. The summed E-state index contributed by atoms with van der Waals surface area (Å²) < 4.78 is 7.21. The number of imidazole rings is 1. The Balaban J connectivity index is 0.000000963. The van der Waals surface area contributed by atoms with Crippen LogP contribution in [0.25, 0.3) is 5.65 Å². The van der Waals surface area contributed by atoms with Crippen LogP contribution in [0.2, 0.25) is 0 Å². The van der Waals surface area contributed by atoms with Gasteiger partial charge in [-0.3, -0.25) is 4.40 Å². The minimum absolute atomic E-state index is 0. The number of fused-ring (bicyclic) bond motifs is 1. The van der Waals surface area contributed by atoms with Crippen molar-refractivity contribution >= 4 is 11.5 Å².